The molecule has 2 rings (SSSR count). The SMILES string of the molecule is Cc1cc(Br)ccc1NC(=O)CN(C)S(=O)(=O)c1cccc(Cl)c1. The van der Waals surface area contributed by atoms with Crippen LogP contribution in [0, 0.1) is 6.92 Å². The van der Waals surface area contributed by atoms with Gasteiger partial charge < -0.3 is 5.32 Å². The highest BCUT2D eigenvalue weighted by atomic mass is 79.9. The largest absolute Gasteiger partial charge is 0.325 e. The molecule has 0 fully saturated rings. The maximum atomic E-state index is 12.5. The van der Waals surface area contributed by atoms with Crippen molar-refractivity contribution in [2.45, 2.75) is 11.8 Å². The monoisotopic (exact) mass is 430 g/mol. The van der Waals surface area contributed by atoms with Gasteiger partial charge in [-0.1, -0.05) is 33.6 Å². The zero-order valence-corrected chi connectivity index (χ0v) is 16.2. The Hall–Kier alpha value is -1.41. The van der Waals surface area contributed by atoms with Crippen LogP contribution >= 0.6 is 27.5 Å². The second-order valence-corrected chi connectivity index (χ2v) is 8.62. The van der Waals surface area contributed by atoms with Crippen molar-refractivity contribution in [3.8, 4) is 0 Å². The van der Waals surface area contributed by atoms with Gasteiger partial charge in [-0.05, 0) is 48.9 Å². The molecule has 2 aromatic carbocycles. The fourth-order valence-corrected chi connectivity index (χ4v) is 3.96. The van der Waals surface area contributed by atoms with Crippen molar-refractivity contribution in [3.63, 3.8) is 0 Å². The number of anilines is 1. The van der Waals surface area contributed by atoms with Crippen molar-refractivity contribution >= 4 is 49.1 Å². The molecule has 1 amide bonds. The van der Waals surface area contributed by atoms with Gasteiger partial charge in [0.05, 0.1) is 11.4 Å². The zero-order valence-electron chi connectivity index (χ0n) is 13.1. The molecule has 0 aromatic heterocycles. The first-order valence-corrected chi connectivity index (χ1v) is 9.59. The Morgan fingerprint density at radius 3 is 2.58 bits per heavy atom. The van der Waals surface area contributed by atoms with Crippen molar-refractivity contribution in [1.29, 1.82) is 0 Å². The third kappa shape index (κ3) is 4.57. The predicted molar refractivity (Wildman–Crippen MR) is 98.8 cm³/mol. The maximum absolute atomic E-state index is 12.5. The molecule has 0 aliphatic rings. The summed E-state index contributed by atoms with van der Waals surface area (Å²) in [6, 6.07) is 11.3. The molecule has 0 unspecified atom stereocenters. The normalized spacial score (nSPS) is 11.5. The van der Waals surface area contributed by atoms with Crippen molar-refractivity contribution in [3.05, 3.63) is 57.5 Å². The van der Waals surface area contributed by atoms with Gasteiger partial charge in [0.15, 0.2) is 0 Å². The first kappa shape index (κ1) is 18.9. The molecule has 0 saturated heterocycles. The van der Waals surface area contributed by atoms with Gasteiger partial charge in [0, 0.05) is 22.2 Å². The highest BCUT2D eigenvalue weighted by molar-refractivity contribution is 9.10. The summed E-state index contributed by atoms with van der Waals surface area (Å²) in [4.78, 5) is 12.2. The summed E-state index contributed by atoms with van der Waals surface area (Å²) in [7, 11) is -2.43. The summed E-state index contributed by atoms with van der Waals surface area (Å²) in [6.45, 7) is 1.55. The van der Waals surface area contributed by atoms with Crippen LogP contribution in [-0.4, -0.2) is 32.2 Å². The van der Waals surface area contributed by atoms with Crippen LogP contribution in [0.25, 0.3) is 0 Å². The lowest BCUT2D eigenvalue weighted by Crippen LogP contribution is -2.35. The van der Waals surface area contributed by atoms with Crippen LogP contribution in [0.2, 0.25) is 5.02 Å². The van der Waals surface area contributed by atoms with Gasteiger partial charge in [-0.2, -0.15) is 4.31 Å². The van der Waals surface area contributed by atoms with Crippen LogP contribution in [0.3, 0.4) is 0 Å². The van der Waals surface area contributed by atoms with Gasteiger partial charge in [0.25, 0.3) is 0 Å². The van der Waals surface area contributed by atoms with Crippen LogP contribution < -0.4 is 5.32 Å². The molecule has 0 aliphatic carbocycles. The molecule has 0 radical (unpaired) electrons. The number of nitrogens with one attached hydrogen (secondary N) is 1. The summed E-state index contributed by atoms with van der Waals surface area (Å²) < 4.78 is 26.8. The van der Waals surface area contributed by atoms with Gasteiger partial charge in [-0.25, -0.2) is 8.42 Å². The Balaban J connectivity index is 2.10. The second kappa shape index (κ2) is 7.65. The quantitative estimate of drug-likeness (QED) is 0.785. The molecule has 24 heavy (non-hydrogen) atoms. The molecular formula is C16H16BrClN2O3S. The lowest BCUT2D eigenvalue weighted by molar-refractivity contribution is -0.116. The molecule has 0 aliphatic heterocycles. The predicted octanol–water partition coefficient (Wildman–Crippen LogP) is 3.67. The Labute approximate surface area is 154 Å². The zero-order chi connectivity index (χ0) is 17.9. The second-order valence-electron chi connectivity index (χ2n) is 5.23. The van der Waals surface area contributed by atoms with E-state index in [-0.39, 0.29) is 11.4 Å². The van der Waals surface area contributed by atoms with E-state index < -0.39 is 15.9 Å². The number of hydrogen-bond acceptors (Lipinski definition) is 3. The minimum atomic E-state index is -3.79. The van der Waals surface area contributed by atoms with E-state index in [0.717, 1.165) is 14.3 Å². The number of sulfonamides is 1. The lowest BCUT2D eigenvalue weighted by Gasteiger charge is -2.17. The van der Waals surface area contributed by atoms with Gasteiger partial charge >= 0.3 is 0 Å². The smallest absolute Gasteiger partial charge is 0.243 e. The van der Waals surface area contributed by atoms with E-state index in [1.165, 1.54) is 19.2 Å². The third-order valence-corrected chi connectivity index (χ3v) is 5.86. The van der Waals surface area contributed by atoms with E-state index in [2.05, 4.69) is 21.2 Å². The molecule has 5 nitrogen and oxygen atoms in total. The molecule has 0 saturated carbocycles. The summed E-state index contributed by atoms with van der Waals surface area (Å²) in [5.74, 6) is -0.423. The number of carbonyl (C=O) groups is 1. The Bertz CT molecular complexity index is 871. The fourth-order valence-electron chi connectivity index (χ4n) is 2.05. The lowest BCUT2D eigenvalue weighted by atomic mass is 10.2. The van der Waals surface area contributed by atoms with Crippen LogP contribution in [0.1, 0.15) is 5.56 Å². The highest BCUT2D eigenvalue weighted by Gasteiger charge is 2.23. The standard InChI is InChI=1S/C16H16BrClN2O3S/c1-11-8-12(17)6-7-15(11)19-16(21)10-20(2)24(22,23)14-5-3-4-13(18)9-14/h3-9H,10H2,1-2H3,(H,19,21). The first-order valence-electron chi connectivity index (χ1n) is 6.98. The van der Waals surface area contributed by atoms with Crippen LogP contribution in [0.15, 0.2) is 51.8 Å². The Morgan fingerprint density at radius 1 is 1.25 bits per heavy atom. The number of nitrogens with zero attached hydrogens (tertiary/aromatic N) is 1. The van der Waals surface area contributed by atoms with Crippen LogP contribution in [0.5, 0.6) is 0 Å². The number of benzene rings is 2. The van der Waals surface area contributed by atoms with Gasteiger partial charge in [0.2, 0.25) is 15.9 Å². The molecule has 2 aromatic rings. The van der Waals surface area contributed by atoms with Crippen molar-refractivity contribution < 1.29 is 13.2 Å². The summed E-state index contributed by atoms with van der Waals surface area (Å²) in [5.41, 5.74) is 1.51. The number of amides is 1. The van der Waals surface area contributed by atoms with Gasteiger partial charge in [0.1, 0.15) is 0 Å². The number of aryl methyl sites for hydroxylation is 1. The van der Waals surface area contributed by atoms with Crippen molar-refractivity contribution in [2.24, 2.45) is 0 Å². The molecule has 0 heterocycles. The van der Waals surface area contributed by atoms with E-state index in [1.807, 2.05) is 13.0 Å². The fraction of sp³-hybridized carbons (Fsp3) is 0.188. The summed E-state index contributed by atoms with van der Waals surface area (Å²) in [5, 5.41) is 3.03. The van der Waals surface area contributed by atoms with Crippen LogP contribution in [-0.2, 0) is 14.8 Å². The van der Waals surface area contributed by atoms with Crippen molar-refractivity contribution in [1.82, 2.24) is 4.31 Å². The average Bonchev–Trinajstić information content (AvgIpc) is 2.50. The third-order valence-electron chi connectivity index (χ3n) is 3.33. The molecule has 128 valence electrons. The number of hydrogen-bond donors (Lipinski definition) is 1. The van der Waals surface area contributed by atoms with E-state index in [0.29, 0.717) is 10.7 Å². The number of carbonyl (C=O) groups excluding carboxylic acids is 1. The molecule has 0 spiro atoms. The van der Waals surface area contributed by atoms with E-state index in [9.17, 15) is 13.2 Å². The average molecular weight is 432 g/mol. The van der Waals surface area contributed by atoms with Crippen molar-refractivity contribution in [2.75, 3.05) is 18.9 Å². The Morgan fingerprint density at radius 2 is 1.96 bits per heavy atom. The molecule has 0 bridgehead atoms. The molecule has 0 atom stereocenters. The molecule has 1 N–H and O–H groups in total. The van der Waals surface area contributed by atoms with Gasteiger partial charge in [-0.15, -0.1) is 0 Å². The number of rotatable bonds is 5. The first-order chi connectivity index (χ1) is 11.2. The highest BCUT2D eigenvalue weighted by Crippen LogP contribution is 2.21. The summed E-state index contributed by atoms with van der Waals surface area (Å²) in [6.07, 6.45) is 0. The van der Waals surface area contributed by atoms with E-state index in [1.54, 1.807) is 24.3 Å². The number of halogens is 2. The molecule has 8 heteroatoms. The summed E-state index contributed by atoms with van der Waals surface area (Å²) >= 11 is 9.18. The minimum absolute atomic E-state index is 0.0464. The number of likely N-dealkylation sites (N-methyl/N-ethyl adjacent to an activating group) is 1. The maximum Gasteiger partial charge on any atom is 0.243 e. The van der Waals surface area contributed by atoms with E-state index >= 15 is 0 Å². The minimum Gasteiger partial charge on any atom is -0.325 e. The topological polar surface area (TPSA) is 66.5 Å². The van der Waals surface area contributed by atoms with Crippen LogP contribution in [0.4, 0.5) is 5.69 Å². The van der Waals surface area contributed by atoms with E-state index in [4.69, 9.17) is 11.6 Å². The Kier molecular flexibility index (Phi) is 6.03. The molecular weight excluding hydrogens is 416 g/mol. The van der Waals surface area contributed by atoms with Gasteiger partial charge in [-0.3, -0.25) is 4.79 Å².